The van der Waals surface area contributed by atoms with Gasteiger partial charge in [0.25, 0.3) is 5.91 Å². The maximum absolute atomic E-state index is 12.8. The normalized spacial score (nSPS) is 13.1. The minimum Gasteiger partial charge on any atom is -0.493 e. The van der Waals surface area contributed by atoms with E-state index in [0.717, 1.165) is 77.0 Å². The van der Waals surface area contributed by atoms with E-state index in [1.165, 1.54) is 6.20 Å². The summed E-state index contributed by atoms with van der Waals surface area (Å²) in [5.74, 6) is 1.25. The van der Waals surface area contributed by atoms with E-state index in [9.17, 15) is 9.59 Å². The van der Waals surface area contributed by atoms with Crippen LogP contribution in [0.25, 0.3) is 0 Å². The van der Waals surface area contributed by atoms with Crippen LogP contribution in [-0.4, -0.2) is 35.1 Å². The van der Waals surface area contributed by atoms with Crippen molar-refractivity contribution in [3.63, 3.8) is 0 Å². The van der Waals surface area contributed by atoms with Gasteiger partial charge in [0, 0.05) is 35.2 Å². The Morgan fingerprint density at radius 3 is 2.78 bits per heavy atom. The molecule has 0 bridgehead atoms. The molecule has 0 saturated carbocycles. The Bertz CT molecular complexity index is 1490. The average molecular weight is 633 g/mol. The number of amides is 1. The van der Waals surface area contributed by atoms with Crippen LogP contribution >= 0.6 is 12.0 Å². The number of allylic oxidation sites excluding steroid dienone is 1. The molecule has 45 heavy (non-hydrogen) atoms. The molecule has 4 rings (SSSR count). The molecule has 2 N–H and O–H groups in total. The number of carbonyl (C=O) groups excluding carboxylic acids is 2. The van der Waals surface area contributed by atoms with Crippen molar-refractivity contribution in [2.24, 2.45) is 15.6 Å². The van der Waals surface area contributed by atoms with Crippen LogP contribution in [0.1, 0.15) is 83.4 Å². The van der Waals surface area contributed by atoms with E-state index in [4.69, 9.17) is 9.99 Å². The van der Waals surface area contributed by atoms with Gasteiger partial charge in [-0.2, -0.15) is 5.11 Å². The molecule has 0 atom stereocenters. The summed E-state index contributed by atoms with van der Waals surface area (Å²) in [5.41, 5.74) is 4.23. The highest BCUT2D eigenvalue weighted by Gasteiger charge is 2.22. The van der Waals surface area contributed by atoms with Crippen LogP contribution in [0.2, 0.25) is 0 Å². The minimum atomic E-state index is -0.194. The van der Waals surface area contributed by atoms with Crippen LogP contribution in [0, 0.1) is 5.41 Å². The number of fused-ring (bicyclic) bond motifs is 1. The van der Waals surface area contributed by atoms with Crippen LogP contribution in [-0.2, 0) is 28.8 Å². The van der Waals surface area contributed by atoms with E-state index < -0.39 is 0 Å². The summed E-state index contributed by atoms with van der Waals surface area (Å²) < 4.78 is 10.7. The lowest BCUT2D eigenvalue weighted by atomic mass is 9.86. The van der Waals surface area contributed by atoms with Crippen molar-refractivity contribution in [3.05, 3.63) is 95.2 Å². The highest BCUT2D eigenvalue weighted by Crippen LogP contribution is 2.32. The van der Waals surface area contributed by atoms with Gasteiger partial charge in [0.2, 0.25) is 0 Å². The summed E-state index contributed by atoms with van der Waals surface area (Å²) in [4.78, 5) is 30.1. The number of azo groups is 1. The Hall–Kier alpha value is -3.90. The molecule has 0 unspecified atom stereocenters. The van der Waals surface area contributed by atoms with Gasteiger partial charge in [0.15, 0.2) is 11.6 Å². The number of rotatable bonds is 17. The predicted molar refractivity (Wildman–Crippen MR) is 173 cm³/mol. The smallest absolute Gasteiger partial charge is 0.252 e. The number of hydrogen-bond acceptors (Lipinski definition) is 10. The molecule has 1 amide bonds. The molecule has 1 aromatic heterocycles. The van der Waals surface area contributed by atoms with Crippen molar-refractivity contribution in [1.82, 2.24) is 10.3 Å². The zero-order valence-electron chi connectivity index (χ0n) is 25.8. The monoisotopic (exact) mass is 632 g/mol. The van der Waals surface area contributed by atoms with E-state index in [1.54, 1.807) is 18.2 Å². The molecule has 0 aliphatic heterocycles. The number of nitrogens with zero attached hydrogens (tertiary/aromatic N) is 3. The number of nitrogens with one attached hydrogen (secondary N) is 1. The summed E-state index contributed by atoms with van der Waals surface area (Å²) in [7, 11) is 0. The van der Waals surface area contributed by atoms with Crippen LogP contribution in [0.3, 0.4) is 0 Å². The number of ether oxygens (including phenoxy) is 1. The Morgan fingerprint density at radius 1 is 1.16 bits per heavy atom. The van der Waals surface area contributed by atoms with Gasteiger partial charge >= 0.3 is 0 Å². The van der Waals surface area contributed by atoms with Crippen molar-refractivity contribution in [2.45, 2.75) is 70.2 Å². The SMILES string of the molecule is C=CCc1c(OCCCCC(C)(C)CNC(=O)c2ccc(N=NCc3ccccc3SOOO)nc2)ccc2c1CCCC2=O. The molecule has 10 nitrogen and oxygen atoms in total. The number of pyridine rings is 1. The summed E-state index contributed by atoms with van der Waals surface area (Å²) >= 11 is 0.865. The molecule has 0 spiro atoms. The fourth-order valence-electron chi connectivity index (χ4n) is 5.21. The largest absolute Gasteiger partial charge is 0.493 e. The Kier molecular flexibility index (Phi) is 12.8. The number of benzene rings is 2. The summed E-state index contributed by atoms with van der Waals surface area (Å²) in [6.45, 7) is 9.55. The van der Waals surface area contributed by atoms with Crippen molar-refractivity contribution >= 4 is 29.6 Å². The lowest BCUT2D eigenvalue weighted by Gasteiger charge is -2.25. The molecular weight excluding hydrogens is 592 g/mol. The quantitative estimate of drug-likeness (QED) is 0.0382. The maximum atomic E-state index is 12.8. The first-order valence-corrected chi connectivity index (χ1v) is 15.8. The maximum Gasteiger partial charge on any atom is 0.252 e. The zero-order chi connectivity index (χ0) is 32.1. The molecule has 11 heteroatoms. The lowest BCUT2D eigenvalue weighted by Crippen LogP contribution is -2.34. The number of carbonyl (C=O) groups is 2. The fraction of sp³-hybridized carbons (Fsp3) is 0.382. The molecule has 3 aromatic rings. The van der Waals surface area contributed by atoms with Crippen molar-refractivity contribution in [3.8, 4) is 5.75 Å². The van der Waals surface area contributed by atoms with Gasteiger partial charge in [-0.05, 0) is 85.4 Å². The lowest BCUT2D eigenvalue weighted by molar-refractivity contribution is -0.432. The third-order valence-electron chi connectivity index (χ3n) is 7.65. The van der Waals surface area contributed by atoms with Crippen molar-refractivity contribution in [1.29, 1.82) is 0 Å². The highest BCUT2D eigenvalue weighted by atomic mass is 32.2. The number of ketones is 1. The number of hydrogen-bond donors (Lipinski definition) is 2. The molecule has 0 fully saturated rings. The van der Waals surface area contributed by atoms with Gasteiger partial charge in [-0.1, -0.05) is 43.2 Å². The molecule has 0 radical (unpaired) electrons. The number of Topliss-reactive ketones (excluding diaryl/α,β-unsaturated/α-hetero) is 1. The van der Waals surface area contributed by atoms with Gasteiger partial charge in [0.05, 0.1) is 30.8 Å². The molecule has 238 valence electrons. The van der Waals surface area contributed by atoms with Gasteiger partial charge in [-0.3, -0.25) is 9.59 Å². The Labute approximate surface area is 268 Å². The van der Waals surface area contributed by atoms with E-state index >= 15 is 0 Å². The van der Waals surface area contributed by atoms with E-state index in [-0.39, 0.29) is 23.7 Å². The second-order valence-corrected chi connectivity index (χ2v) is 12.4. The Balaban J connectivity index is 1.19. The fourth-order valence-corrected chi connectivity index (χ4v) is 5.69. The second-order valence-electron chi connectivity index (χ2n) is 11.6. The van der Waals surface area contributed by atoms with E-state index in [0.29, 0.717) is 37.4 Å². The van der Waals surface area contributed by atoms with Gasteiger partial charge < -0.3 is 10.1 Å². The summed E-state index contributed by atoms with van der Waals surface area (Å²) in [5, 5.41) is 23.4. The molecule has 1 aliphatic carbocycles. The topological polar surface area (TPSA) is 132 Å². The van der Waals surface area contributed by atoms with Crippen LogP contribution in [0.4, 0.5) is 5.82 Å². The highest BCUT2D eigenvalue weighted by molar-refractivity contribution is 7.94. The van der Waals surface area contributed by atoms with Gasteiger partial charge in [0.1, 0.15) is 5.75 Å². The number of unbranched alkanes of at least 4 members (excludes halogenated alkanes) is 1. The molecule has 0 saturated heterocycles. The molecular formula is C34H40N4O6S. The summed E-state index contributed by atoms with van der Waals surface area (Å²) in [6, 6.07) is 14.5. The standard InChI is InChI=1S/C34H40N4O6S/c1-4-10-28-26-12-9-13-29(39)27(26)16-17-30(28)42-20-8-7-19-34(2,3)23-36-33(40)25-15-18-32(35-21-25)38-37-22-24-11-5-6-14-31(24)45-44-43-41/h4-6,11,14-18,21,41H,1,7-10,12-13,19-20,22-23H2,2-3H3,(H,36,40). The van der Waals surface area contributed by atoms with Crippen LogP contribution < -0.4 is 10.1 Å². The Morgan fingerprint density at radius 2 is 2.00 bits per heavy atom. The first-order valence-electron chi connectivity index (χ1n) is 15.1. The van der Waals surface area contributed by atoms with Gasteiger partial charge in [-0.15, -0.1) is 16.0 Å². The molecule has 2 aromatic carbocycles. The third-order valence-corrected chi connectivity index (χ3v) is 8.36. The average Bonchev–Trinajstić information content (AvgIpc) is 3.04. The van der Waals surface area contributed by atoms with E-state index in [1.807, 2.05) is 36.4 Å². The first-order chi connectivity index (χ1) is 21.8. The predicted octanol–water partition coefficient (Wildman–Crippen LogP) is 8.05. The summed E-state index contributed by atoms with van der Waals surface area (Å²) in [6.07, 6.45) is 9.21. The van der Waals surface area contributed by atoms with Crippen molar-refractivity contribution < 1.29 is 29.0 Å². The van der Waals surface area contributed by atoms with Crippen LogP contribution in [0.5, 0.6) is 5.75 Å². The first kappa shape index (κ1) is 34.0. The second kappa shape index (κ2) is 17.0. The molecule has 1 heterocycles. The minimum absolute atomic E-state index is 0.0969. The van der Waals surface area contributed by atoms with Gasteiger partial charge in [-0.25, -0.2) is 10.2 Å². The van der Waals surface area contributed by atoms with E-state index in [2.05, 4.69) is 50.3 Å². The van der Waals surface area contributed by atoms with Crippen molar-refractivity contribution in [2.75, 3.05) is 13.2 Å². The number of aromatic nitrogens is 1. The molecule has 1 aliphatic rings. The van der Waals surface area contributed by atoms with Crippen LogP contribution in [0.15, 0.2) is 82.5 Å². The zero-order valence-corrected chi connectivity index (χ0v) is 26.6. The third kappa shape index (κ3) is 10.1.